The summed E-state index contributed by atoms with van der Waals surface area (Å²) in [5.41, 5.74) is 7.64. The molecule has 0 radical (unpaired) electrons. The number of ether oxygens (including phenoxy) is 1. The van der Waals surface area contributed by atoms with E-state index in [1.165, 1.54) is 0 Å². The molecule has 0 bridgehead atoms. The van der Waals surface area contributed by atoms with Crippen molar-refractivity contribution in [2.75, 3.05) is 13.7 Å². The molecule has 2 aromatic rings. The summed E-state index contributed by atoms with van der Waals surface area (Å²) < 4.78 is 5.16. The molecule has 1 aromatic heterocycles. The Balaban J connectivity index is 2.31. The molecule has 4 nitrogen and oxygen atoms in total. The smallest absolute Gasteiger partial charge is 0.166 e. The number of H-pyrrole nitrogens is 1. The monoisotopic (exact) mass is 251 g/mol. The van der Waals surface area contributed by atoms with Crippen LogP contribution in [0.15, 0.2) is 23.4 Å². The minimum Gasteiger partial charge on any atom is -0.497 e. The van der Waals surface area contributed by atoms with E-state index in [9.17, 15) is 0 Å². The van der Waals surface area contributed by atoms with Gasteiger partial charge in [-0.05, 0) is 26.0 Å². The van der Waals surface area contributed by atoms with Crippen LogP contribution in [0, 0.1) is 0 Å². The molecule has 0 fully saturated rings. The SMILES string of the molecule is COc1ccc2nc(SC(C)(C)CN)[nH]c2c1. The number of hydrogen-bond acceptors (Lipinski definition) is 4. The van der Waals surface area contributed by atoms with Gasteiger partial charge >= 0.3 is 0 Å². The minimum atomic E-state index is -0.0159. The van der Waals surface area contributed by atoms with E-state index < -0.39 is 0 Å². The van der Waals surface area contributed by atoms with Crippen LogP contribution in [0.1, 0.15) is 13.8 Å². The summed E-state index contributed by atoms with van der Waals surface area (Å²) in [5.74, 6) is 0.829. The highest BCUT2D eigenvalue weighted by Crippen LogP contribution is 2.31. The number of nitrogens with one attached hydrogen (secondary N) is 1. The number of benzene rings is 1. The normalized spacial score (nSPS) is 12.0. The Morgan fingerprint density at radius 2 is 2.24 bits per heavy atom. The summed E-state index contributed by atoms with van der Waals surface area (Å²) in [7, 11) is 1.66. The lowest BCUT2D eigenvalue weighted by Crippen LogP contribution is -2.26. The third-order valence-electron chi connectivity index (χ3n) is 2.53. The second kappa shape index (κ2) is 4.58. The van der Waals surface area contributed by atoms with Crippen LogP contribution in [-0.4, -0.2) is 28.4 Å². The van der Waals surface area contributed by atoms with Gasteiger partial charge in [0.2, 0.25) is 0 Å². The maximum absolute atomic E-state index is 5.71. The van der Waals surface area contributed by atoms with Gasteiger partial charge in [-0.3, -0.25) is 0 Å². The van der Waals surface area contributed by atoms with Crippen molar-refractivity contribution < 1.29 is 4.74 Å². The highest BCUT2D eigenvalue weighted by Gasteiger charge is 2.19. The van der Waals surface area contributed by atoms with Gasteiger partial charge in [0.1, 0.15) is 5.75 Å². The van der Waals surface area contributed by atoms with Crippen LogP contribution < -0.4 is 10.5 Å². The van der Waals surface area contributed by atoms with Crippen LogP contribution >= 0.6 is 11.8 Å². The Morgan fingerprint density at radius 1 is 1.47 bits per heavy atom. The Labute approximate surface area is 105 Å². The zero-order chi connectivity index (χ0) is 12.5. The van der Waals surface area contributed by atoms with Gasteiger partial charge in [-0.15, -0.1) is 0 Å². The summed E-state index contributed by atoms with van der Waals surface area (Å²) in [6, 6.07) is 5.80. The molecule has 1 aromatic carbocycles. The molecule has 1 heterocycles. The summed E-state index contributed by atoms with van der Waals surface area (Å²) >= 11 is 1.65. The van der Waals surface area contributed by atoms with E-state index in [1.54, 1.807) is 18.9 Å². The quantitative estimate of drug-likeness (QED) is 0.819. The van der Waals surface area contributed by atoms with Gasteiger partial charge in [0.05, 0.1) is 18.1 Å². The van der Waals surface area contributed by atoms with E-state index in [-0.39, 0.29) is 4.75 Å². The van der Waals surface area contributed by atoms with Gasteiger partial charge in [-0.2, -0.15) is 0 Å². The van der Waals surface area contributed by atoms with Crippen LogP contribution in [0.25, 0.3) is 11.0 Å². The number of imidazole rings is 1. The number of methoxy groups -OCH3 is 1. The van der Waals surface area contributed by atoms with Crippen molar-refractivity contribution in [1.82, 2.24) is 9.97 Å². The standard InChI is InChI=1S/C12H17N3OS/c1-12(2,7-13)17-11-14-9-5-4-8(16-3)6-10(9)15-11/h4-6H,7,13H2,1-3H3,(H,14,15). The van der Waals surface area contributed by atoms with Gasteiger partial charge in [0, 0.05) is 17.4 Å². The Bertz CT molecular complexity index is 521. The number of fused-ring (bicyclic) bond motifs is 1. The molecule has 0 saturated heterocycles. The minimum absolute atomic E-state index is 0.0159. The largest absolute Gasteiger partial charge is 0.497 e. The fourth-order valence-electron chi connectivity index (χ4n) is 1.44. The van der Waals surface area contributed by atoms with E-state index in [0.717, 1.165) is 21.9 Å². The van der Waals surface area contributed by atoms with Crippen LogP contribution in [0.3, 0.4) is 0 Å². The molecule has 17 heavy (non-hydrogen) atoms. The van der Waals surface area contributed by atoms with Crippen LogP contribution in [0.2, 0.25) is 0 Å². The first-order valence-electron chi connectivity index (χ1n) is 5.47. The Hall–Kier alpha value is -1.20. The van der Waals surface area contributed by atoms with E-state index in [2.05, 4.69) is 23.8 Å². The molecule has 0 unspecified atom stereocenters. The first-order valence-corrected chi connectivity index (χ1v) is 6.28. The van der Waals surface area contributed by atoms with Crippen molar-refractivity contribution in [3.63, 3.8) is 0 Å². The molecule has 0 amide bonds. The molecule has 0 atom stereocenters. The van der Waals surface area contributed by atoms with E-state index in [1.807, 2.05) is 18.2 Å². The third-order valence-corrected chi connectivity index (χ3v) is 3.64. The van der Waals surface area contributed by atoms with Crippen molar-refractivity contribution in [3.8, 4) is 5.75 Å². The molecule has 0 spiro atoms. The Kier molecular flexibility index (Phi) is 3.31. The maximum atomic E-state index is 5.71. The molecule has 0 aliphatic heterocycles. The summed E-state index contributed by atoms with van der Waals surface area (Å²) in [5, 5.41) is 0.892. The highest BCUT2D eigenvalue weighted by molar-refractivity contribution is 8.00. The highest BCUT2D eigenvalue weighted by atomic mass is 32.2. The number of aromatic amines is 1. The number of nitrogens with zero attached hydrogens (tertiary/aromatic N) is 1. The fourth-order valence-corrected chi connectivity index (χ4v) is 2.36. The number of hydrogen-bond donors (Lipinski definition) is 2. The first kappa shape index (κ1) is 12.3. The summed E-state index contributed by atoms with van der Waals surface area (Å²) in [6.07, 6.45) is 0. The molecule has 0 aliphatic carbocycles. The predicted molar refractivity (Wildman–Crippen MR) is 71.6 cm³/mol. The molecule has 0 aliphatic rings. The Morgan fingerprint density at radius 3 is 2.88 bits per heavy atom. The lowest BCUT2D eigenvalue weighted by molar-refractivity contribution is 0.415. The van der Waals surface area contributed by atoms with Crippen molar-refractivity contribution in [2.24, 2.45) is 5.73 Å². The molecule has 0 saturated carbocycles. The molecule has 3 N–H and O–H groups in total. The van der Waals surface area contributed by atoms with Gasteiger partial charge in [0.15, 0.2) is 5.16 Å². The van der Waals surface area contributed by atoms with Crippen molar-refractivity contribution >= 4 is 22.8 Å². The van der Waals surface area contributed by atoms with Crippen LogP contribution in [-0.2, 0) is 0 Å². The molecule has 92 valence electrons. The zero-order valence-electron chi connectivity index (χ0n) is 10.3. The van der Waals surface area contributed by atoms with Gasteiger partial charge in [0.25, 0.3) is 0 Å². The topological polar surface area (TPSA) is 63.9 Å². The summed E-state index contributed by atoms with van der Waals surface area (Å²) in [6.45, 7) is 4.81. The van der Waals surface area contributed by atoms with Crippen LogP contribution in [0.4, 0.5) is 0 Å². The average molecular weight is 251 g/mol. The van der Waals surface area contributed by atoms with Crippen molar-refractivity contribution in [1.29, 1.82) is 0 Å². The van der Waals surface area contributed by atoms with Gasteiger partial charge < -0.3 is 15.5 Å². The van der Waals surface area contributed by atoms with Gasteiger partial charge in [-0.1, -0.05) is 11.8 Å². The summed E-state index contributed by atoms with van der Waals surface area (Å²) in [4.78, 5) is 7.79. The molecular formula is C12H17N3OS. The average Bonchev–Trinajstić information content (AvgIpc) is 2.68. The third kappa shape index (κ3) is 2.73. The van der Waals surface area contributed by atoms with Crippen molar-refractivity contribution in [3.05, 3.63) is 18.2 Å². The zero-order valence-corrected chi connectivity index (χ0v) is 11.1. The number of aromatic nitrogens is 2. The number of nitrogens with two attached hydrogens (primary N) is 1. The lowest BCUT2D eigenvalue weighted by atomic mass is 10.2. The lowest BCUT2D eigenvalue weighted by Gasteiger charge is -2.19. The molecule has 2 rings (SSSR count). The van der Waals surface area contributed by atoms with Gasteiger partial charge in [-0.25, -0.2) is 4.98 Å². The second-order valence-corrected chi connectivity index (χ2v) is 6.19. The van der Waals surface area contributed by atoms with Crippen molar-refractivity contribution in [2.45, 2.75) is 23.8 Å². The maximum Gasteiger partial charge on any atom is 0.166 e. The first-order chi connectivity index (χ1) is 8.04. The number of thioether (sulfide) groups is 1. The number of rotatable bonds is 4. The van der Waals surface area contributed by atoms with E-state index in [4.69, 9.17) is 10.5 Å². The van der Waals surface area contributed by atoms with E-state index in [0.29, 0.717) is 6.54 Å². The fraction of sp³-hybridized carbons (Fsp3) is 0.417. The molecular weight excluding hydrogens is 234 g/mol. The second-order valence-electron chi connectivity index (χ2n) is 4.49. The van der Waals surface area contributed by atoms with E-state index >= 15 is 0 Å². The predicted octanol–water partition coefficient (Wildman–Crippen LogP) is 2.40. The van der Waals surface area contributed by atoms with Crippen LogP contribution in [0.5, 0.6) is 5.75 Å². The molecule has 5 heteroatoms.